The molecule has 0 unspecified atom stereocenters. The molecule has 6 nitrogen and oxygen atoms in total. The Morgan fingerprint density at radius 1 is 1.92 bits per heavy atom. The molecule has 0 saturated heterocycles. The molecule has 12 heavy (non-hydrogen) atoms. The van der Waals surface area contributed by atoms with E-state index in [-0.39, 0.29) is 12.4 Å². The lowest BCUT2D eigenvalue weighted by Gasteiger charge is -2.06. The van der Waals surface area contributed by atoms with E-state index in [4.69, 9.17) is 9.34 Å². The van der Waals surface area contributed by atoms with Crippen molar-refractivity contribution in [3.05, 3.63) is 0 Å². The average molecular weight is 177 g/mol. The van der Waals surface area contributed by atoms with Crippen molar-refractivity contribution in [3.63, 3.8) is 0 Å². The van der Waals surface area contributed by atoms with Crippen molar-refractivity contribution in [3.8, 4) is 0 Å². The second-order valence-corrected chi connectivity index (χ2v) is 2.31. The van der Waals surface area contributed by atoms with E-state index in [2.05, 4.69) is 10.7 Å². The first-order valence-corrected chi connectivity index (χ1v) is 3.49. The Balaban J connectivity index is 3.65. The van der Waals surface area contributed by atoms with Crippen LogP contribution < -0.4 is 16.8 Å². The van der Waals surface area contributed by atoms with Crippen LogP contribution in [0.15, 0.2) is 0 Å². The van der Waals surface area contributed by atoms with Crippen LogP contribution in [0.4, 0.5) is 0 Å². The van der Waals surface area contributed by atoms with Crippen molar-refractivity contribution < 1.29 is 14.1 Å². The van der Waals surface area contributed by atoms with Crippen LogP contribution in [0.1, 0.15) is 12.8 Å². The van der Waals surface area contributed by atoms with Gasteiger partial charge in [0.25, 0.3) is 0 Å². The second-order valence-electron chi connectivity index (χ2n) is 2.31. The van der Waals surface area contributed by atoms with E-state index >= 15 is 0 Å². The first-order valence-electron chi connectivity index (χ1n) is 4.94. The number of hydrogen-bond donors (Lipinski definition) is 5. The third kappa shape index (κ3) is 5.48. The number of guanidine groups is 1. The highest BCUT2D eigenvalue weighted by Gasteiger charge is 2.09. The number of carbonyl (C=O) groups is 1. The third-order valence-electron chi connectivity index (χ3n) is 1.26. The Hall–Kier alpha value is -1.30. The van der Waals surface area contributed by atoms with Crippen LogP contribution in [0.5, 0.6) is 0 Å². The number of hydrogen-bond acceptors (Lipinski definition) is 3. The highest BCUT2D eigenvalue weighted by atomic mass is 16.4. The zero-order valence-electron chi connectivity index (χ0n) is 9.50. The number of carboxylic acids is 1. The normalized spacial score (nSPS) is 17.0. The van der Waals surface area contributed by atoms with Gasteiger partial charge in [-0.2, -0.15) is 0 Å². The maximum Gasteiger partial charge on any atom is 0.320 e. The number of nitrogens with two attached hydrogens (primary N) is 2. The summed E-state index contributed by atoms with van der Waals surface area (Å²) >= 11 is 0. The Bertz CT molecular complexity index is 226. The molecule has 0 spiro atoms. The minimum Gasteiger partial charge on any atom is -0.480 e. The summed E-state index contributed by atoms with van der Waals surface area (Å²) in [6, 6.07) is -0.896. The average Bonchev–Trinajstić information content (AvgIpc) is 2.23. The fraction of sp³-hybridized carbons (Fsp3) is 0.667. The Labute approximate surface area is 74.8 Å². The van der Waals surface area contributed by atoms with Gasteiger partial charge < -0.3 is 21.9 Å². The number of nitrogens with one attached hydrogen (secondary N) is 2. The molecule has 0 aromatic rings. The van der Waals surface area contributed by atoms with E-state index in [1.165, 1.54) is 0 Å². The van der Waals surface area contributed by atoms with Gasteiger partial charge in [0.1, 0.15) is 7.45 Å². The van der Waals surface area contributed by atoms with E-state index < -0.39 is 12.0 Å². The summed E-state index contributed by atoms with van der Waals surface area (Å²) in [5.74, 6) is -1.07. The van der Waals surface area contributed by atoms with Gasteiger partial charge >= 0.3 is 5.97 Å². The summed E-state index contributed by atoms with van der Waals surface area (Å²) in [4.78, 5) is 10.5. The molecule has 0 aromatic carbocycles. The van der Waals surface area contributed by atoms with Crippen LogP contribution in [0.25, 0.3) is 0 Å². The summed E-state index contributed by atoms with van der Waals surface area (Å²) in [6.07, 6.45) is 0.776. The third-order valence-corrected chi connectivity index (χ3v) is 1.26. The van der Waals surface area contributed by atoms with E-state index in [0.717, 1.165) is 0 Å². The maximum atomic E-state index is 10.5. The van der Waals surface area contributed by atoms with Gasteiger partial charge in [0.05, 0.1) is 0 Å². The van der Waals surface area contributed by atoms with Crippen LogP contribution in [0.2, 0.25) is 4.24 Å². The minimum atomic E-state index is -1.07. The summed E-state index contributed by atoms with van der Waals surface area (Å²) in [5.41, 5.74) is 3.83. The second kappa shape index (κ2) is 5.36. The van der Waals surface area contributed by atoms with Crippen molar-refractivity contribution >= 4 is 11.9 Å². The van der Waals surface area contributed by atoms with Crippen molar-refractivity contribution in [1.82, 2.24) is 5.32 Å². The molecule has 0 aliphatic rings. The highest BCUT2D eigenvalue weighted by molar-refractivity contribution is 5.74. The Morgan fingerprint density at radius 2 is 2.75 bits per heavy atom. The van der Waals surface area contributed by atoms with Gasteiger partial charge in [0.2, 0.25) is 0 Å². The van der Waals surface area contributed by atoms with Gasteiger partial charge in [0.15, 0.2) is 8.78 Å². The van der Waals surface area contributed by atoms with Crippen molar-refractivity contribution in [2.45, 2.75) is 18.9 Å². The molecule has 0 aliphatic heterocycles. The van der Waals surface area contributed by atoms with E-state index in [1.807, 2.05) is 11.5 Å². The molecule has 0 radical (unpaired) electrons. The molecule has 0 aromatic heterocycles. The Morgan fingerprint density at radius 3 is 3.25 bits per heavy atom. The van der Waals surface area contributed by atoms with Crippen LogP contribution in [0, 0.1) is 5.40 Å². The topological polar surface area (TPSA) is 125 Å². The molecule has 7 N–H and O–H groups in total. The lowest BCUT2D eigenvalue weighted by atomic mass is 10.2. The molecule has 0 bridgehead atoms. The molecular weight excluding hydrogens is 160 g/mol. The minimum absolute atomic E-state index is 0.000655. The molecule has 0 heterocycles. The van der Waals surface area contributed by atoms with Gasteiger partial charge in [-0.25, -0.2) is 0 Å². The summed E-state index contributed by atoms with van der Waals surface area (Å²) < 4.78 is 20.0. The van der Waals surface area contributed by atoms with Crippen molar-refractivity contribution in [1.29, 1.82) is 5.40 Å². The van der Waals surface area contributed by atoms with Crippen LogP contribution in [-0.2, 0) is 4.79 Å². The predicted octanol–water partition coefficient (Wildman–Crippen LogP) is -1.34. The SMILES string of the molecule is [2H]N=C(N[2H])NCCC[C@H](N[2H])C(=O)O. The van der Waals surface area contributed by atoms with Crippen molar-refractivity contribution in [2.75, 3.05) is 6.54 Å². The fourth-order valence-electron chi connectivity index (χ4n) is 0.636. The molecule has 0 saturated carbocycles. The van der Waals surface area contributed by atoms with E-state index in [1.54, 1.807) is 0 Å². The van der Waals surface area contributed by atoms with Gasteiger partial charge in [-0.15, -0.1) is 0 Å². The quantitative estimate of drug-likeness (QED) is 0.195. The molecule has 0 fully saturated rings. The molecule has 6 heteroatoms. The van der Waals surface area contributed by atoms with Gasteiger partial charge in [-0.3, -0.25) is 10.2 Å². The monoisotopic (exact) mass is 177 g/mol. The van der Waals surface area contributed by atoms with Crippen LogP contribution >= 0.6 is 0 Å². The predicted molar refractivity (Wildman–Crippen MR) is 44.8 cm³/mol. The summed E-state index contributed by atoms with van der Waals surface area (Å²) in [6.45, 7) is 0.384. The summed E-state index contributed by atoms with van der Waals surface area (Å²) in [7, 11) is 0. The van der Waals surface area contributed by atoms with Gasteiger partial charge in [0, 0.05) is 6.54 Å². The van der Waals surface area contributed by atoms with Gasteiger partial charge in [-0.05, 0) is 12.8 Å². The summed E-state index contributed by atoms with van der Waals surface area (Å²) in [5, 5.41) is 14.2. The van der Waals surface area contributed by atoms with Crippen LogP contribution in [0.3, 0.4) is 0 Å². The lowest BCUT2D eigenvalue weighted by Crippen LogP contribution is -2.34. The molecule has 0 amide bonds. The fourth-order valence-corrected chi connectivity index (χ4v) is 0.636. The zero-order valence-corrected chi connectivity index (χ0v) is 6.50. The number of carboxylic acid groups (broad SMARTS) is 1. The lowest BCUT2D eigenvalue weighted by molar-refractivity contribution is -0.138. The Kier molecular flexibility index (Phi) is 2.79. The molecule has 1 atom stereocenters. The van der Waals surface area contributed by atoms with Gasteiger partial charge in [-0.1, -0.05) is 0 Å². The zero-order chi connectivity index (χ0) is 11.7. The van der Waals surface area contributed by atoms with E-state index in [0.29, 0.717) is 13.0 Å². The van der Waals surface area contributed by atoms with E-state index in [9.17, 15) is 4.79 Å². The standard InChI is InChI=1S/C6H14N4O2/c7-4(5(11)12)2-1-3-10-6(8)9/h4H,1-3,7H2,(H,11,12)(H4,8,9,10)/t4-/m0/s1/i/hD3. The molecular formula is C6H14N4O2. The largest absolute Gasteiger partial charge is 0.480 e. The highest BCUT2D eigenvalue weighted by Crippen LogP contribution is 1.92. The van der Waals surface area contributed by atoms with Crippen molar-refractivity contribution in [2.24, 2.45) is 11.5 Å². The maximum absolute atomic E-state index is 10.5. The van der Waals surface area contributed by atoms with Crippen LogP contribution in [-0.4, -0.2) is 29.6 Å². The molecule has 0 aliphatic carbocycles. The first-order chi connectivity index (χ1) is 7.15. The molecule has 70 valence electrons. The number of rotatable bonds is 6. The smallest absolute Gasteiger partial charge is 0.320 e. The number of aliphatic carboxylic acids is 1. The molecule has 0 rings (SSSR count). The first kappa shape index (κ1) is 6.24.